The lowest BCUT2D eigenvalue weighted by Crippen LogP contribution is -2.11. The summed E-state index contributed by atoms with van der Waals surface area (Å²) in [6.45, 7) is 1.60. The highest BCUT2D eigenvalue weighted by Crippen LogP contribution is 2.23. The van der Waals surface area contributed by atoms with E-state index in [9.17, 15) is 10.1 Å². The summed E-state index contributed by atoms with van der Waals surface area (Å²) in [6, 6.07) is 18.0. The normalized spacial score (nSPS) is 12.1. The third-order valence-electron chi connectivity index (χ3n) is 3.86. The molecule has 0 saturated heterocycles. The molecular formula is C21H17N3O4. The van der Waals surface area contributed by atoms with Crippen molar-refractivity contribution in [3.8, 4) is 23.3 Å². The van der Waals surface area contributed by atoms with Gasteiger partial charge in [-0.2, -0.15) is 5.26 Å². The van der Waals surface area contributed by atoms with Gasteiger partial charge in [-0.15, -0.1) is 10.2 Å². The number of ether oxygens (including phenoxy) is 2. The Labute approximate surface area is 161 Å². The molecule has 1 aromatic heterocycles. The van der Waals surface area contributed by atoms with Crippen molar-refractivity contribution in [1.82, 2.24) is 10.2 Å². The van der Waals surface area contributed by atoms with Gasteiger partial charge in [-0.05, 0) is 42.8 Å². The second-order valence-corrected chi connectivity index (χ2v) is 5.80. The minimum absolute atomic E-state index is 0.139. The molecule has 0 spiro atoms. The van der Waals surface area contributed by atoms with Crippen LogP contribution in [-0.4, -0.2) is 23.3 Å². The van der Waals surface area contributed by atoms with Crippen molar-refractivity contribution in [2.75, 3.05) is 7.11 Å². The third-order valence-corrected chi connectivity index (χ3v) is 3.86. The first-order chi connectivity index (χ1) is 13.6. The molecule has 2 aromatic carbocycles. The summed E-state index contributed by atoms with van der Waals surface area (Å²) in [5, 5.41) is 17.2. The molecule has 0 fully saturated rings. The predicted octanol–water partition coefficient (Wildman–Crippen LogP) is 3.96. The van der Waals surface area contributed by atoms with Crippen LogP contribution in [-0.2, 0) is 9.53 Å². The van der Waals surface area contributed by atoms with E-state index in [0.29, 0.717) is 17.2 Å². The molecular weight excluding hydrogens is 358 g/mol. The number of rotatable bonds is 6. The second-order valence-electron chi connectivity index (χ2n) is 5.80. The molecule has 0 aliphatic heterocycles. The fourth-order valence-electron chi connectivity index (χ4n) is 2.37. The molecule has 0 radical (unpaired) electrons. The van der Waals surface area contributed by atoms with Gasteiger partial charge in [0.15, 0.2) is 6.10 Å². The van der Waals surface area contributed by atoms with Crippen LogP contribution in [0.4, 0.5) is 0 Å². The van der Waals surface area contributed by atoms with Gasteiger partial charge in [0.2, 0.25) is 5.89 Å². The smallest absolute Gasteiger partial charge is 0.349 e. The SMILES string of the molecule is COc1ccc(/C=C(\C#N)C(=O)OC(C)c2nnc(-c3ccccc3)o2)cc1. The van der Waals surface area contributed by atoms with E-state index in [-0.39, 0.29) is 11.5 Å². The van der Waals surface area contributed by atoms with Crippen LogP contribution in [0.1, 0.15) is 24.5 Å². The van der Waals surface area contributed by atoms with Gasteiger partial charge in [0.25, 0.3) is 5.89 Å². The van der Waals surface area contributed by atoms with Gasteiger partial charge in [0.1, 0.15) is 17.4 Å². The summed E-state index contributed by atoms with van der Waals surface area (Å²) in [7, 11) is 1.56. The van der Waals surface area contributed by atoms with Crippen LogP contribution in [0, 0.1) is 11.3 Å². The lowest BCUT2D eigenvalue weighted by molar-refractivity contribution is -0.144. The van der Waals surface area contributed by atoms with E-state index in [1.54, 1.807) is 38.3 Å². The topological polar surface area (TPSA) is 98.2 Å². The summed E-state index contributed by atoms with van der Waals surface area (Å²) < 4.78 is 16.0. The van der Waals surface area contributed by atoms with Crippen molar-refractivity contribution in [3.05, 3.63) is 71.6 Å². The van der Waals surface area contributed by atoms with Gasteiger partial charge >= 0.3 is 5.97 Å². The van der Waals surface area contributed by atoms with Crippen LogP contribution in [0.15, 0.2) is 64.6 Å². The van der Waals surface area contributed by atoms with Crippen molar-refractivity contribution in [2.45, 2.75) is 13.0 Å². The highest BCUT2D eigenvalue weighted by atomic mass is 16.6. The number of hydrogen-bond donors (Lipinski definition) is 0. The first-order valence-corrected chi connectivity index (χ1v) is 8.46. The monoisotopic (exact) mass is 375 g/mol. The first-order valence-electron chi connectivity index (χ1n) is 8.46. The summed E-state index contributed by atoms with van der Waals surface area (Å²) in [5.41, 5.74) is 1.29. The molecule has 1 heterocycles. The minimum atomic E-state index is -0.801. The van der Waals surface area contributed by atoms with Crippen molar-refractivity contribution in [2.24, 2.45) is 0 Å². The Bertz CT molecular complexity index is 1020. The summed E-state index contributed by atoms with van der Waals surface area (Å²) in [6.07, 6.45) is 0.641. The van der Waals surface area contributed by atoms with E-state index in [1.165, 1.54) is 6.08 Å². The van der Waals surface area contributed by atoms with Gasteiger partial charge in [0, 0.05) is 5.56 Å². The Morgan fingerprint density at radius 2 is 1.86 bits per heavy atom. The quantitative estimate of drug-likeness (QED) is 0.365. The van der Waals surface area contributed by atoms with Gasteiger partial charge in [0.05, 0.1) is 7.11 Å². The number of esters is 1. The van der Waals surface area contributed by atoms with Gasteiger partial charge in [-0.25, -0.2) is 4.79 Å². The third kappa shape index (κ3) is 4.43. The van der Waals surface area contributed by atoms with Crippen LogP contribution >= 0.6 is 0 Å². The van der Waals surface area contributed by atoms with Crippen LogP contribution in [0.5, 0.6) is 5.75 Å². The zero-order valence-corrected chi connectivity index (χ0v) is 15.3. The molecule has 3 rings (SSSR count). The van der Waals surface area contributed by atoms with E-state index in [1.807, 2.05) is 36.4 Å². The Balaban J connectivity index is 1.71. The van der Waals surface area contributed by atoms with Crippen molar-refractivity contribution < 1.29 is 18.7 Å². The molecule has 0 aliphatic rings. The summed E-state index contributed by atoms with van der Waals surface area (Å²) >= 11 is 0. The summed E-state index contributed by atoms with van der Waals surface area (Å²) in [4.78, 5) is 12.3. The lowest BCUT2D eigenvalue weighted by Gasteiger charge is -2.08. The van der Waals surface area contributed by atoms with Crippen molar-refractivity contribution in [1.29, 1.82) is 5.26 Å². The fourth-order valence-corrected chi connectivity index (χ4v) is 2.37. The lowest BCUT2D eigenvalue weighted by atomic mass is 10.1. The van der Waals surface area contributed by atoms with E-state index in [0.717, 1.165) is 5.56 Å². The number of carbonyl (C=O) groups is 1. The average Bonchev–Trinajstić information content (AvgIpc) is 3.23. The van der Waals surface area contributed by atoms with Crippen LogP contribution in [0.25, 0.3) is 17.5 Å². The standard InChI is InChI=1S/C21H17N3O4/c1-14(19-23-24-20(28-19)16-6-4-3-5-7-16)27-21(25)17(13-22)12-15-8-10-18(26-2)11-9-15/h3-12,14H,1-2H3/b17-12+. The highest BCUT2D eigenvalue weighted by Gasteiger charge is 2.21. The Morgan fingerprint density at radius 1 is 1.14 bits per heavy atom. The van der Waals surface area contributed by atoms with Crippen molar-refractivity contribution in [3.63, 3.8) is 0 Å². The maximum atomic E-state index is 12.3. The van der Waals surface area contributed by atoms with E-state index >= 15 is 0 Å². The Hall–Kier alpha value is -3.92. The molecule has 7 heteroatoms. The van der Waals surface area contributed by atoms with Crippen molar-refractivity contribution >= 4 is 12.0 Å². The number of methoxy groups -OCH3 is 1. The highest BCUT2D eigenvalue weighted by molar-refractivity contribution is 5.98. The zero-order valence-electron chi connectivity index (χ0n) is 15.3. The molecule has 3 aromatic rings. The molecule has 0 N–H and O–H groups in total. The zero-order chi connectivity index (χ0) is 19.9. The van der Waals surface area contributed by atoms with Gasteiger partial charge in [-0.3, -0.25) is 0 Å². The molecule has 1 unspecified atom stereocenters. The number of hydrogen-bond acceptors (Lipinski definition) is 7. The Kier molecular flexibility index (Phi) is 5.82. The van der Waals surface area contributed by atoms with Crippen LogP contribution < -0.4 is 4.74 Å². The average molecular weight is 375 g/mol. The van der Waals surface area contributed by atoms with E-state index in [2.05, 4.69) is 10.2 Å². The van der Waals surface area contributed by atoms with Crippen LogP contribution in [0.2, 0.25) is 0 Å². The number of nitrogens with zero attached hydrogens (tertiary/aromatic N) is 3. The molecule has 0 saturated carbocycles. The fraction of sp³-hybridized carbons (Fsp3) is 0.143. The van der Waals surface area contributed by atoms with E-state index in [4.69, 9.17) is 13.9 Å². The molecule has 0 aliphatic carbocycles. The molecule has 140 valence electrons. The molecule has 1 atom stereocenters. The first kappa shape index (κ1) is 18.9. The maximum Gasteiger partial charge on any atom is 0.349 e. The van der Waals surface area contributed by atoms with Gasteiger partial charge in [-0.1, -0.05) is 30.3 Å². The molecule has 0 amide bonds. The minimum Gasteiger partial charge on any atom is -0.497 e. The predicted molar refractivity (Wildman–Crippen MR) is 101 cm³/mol. The Morgan fingerprint density at radius 3 is 2.50 bits per heavy atom. The van der Waals surface area contributed by atoms with E-state index < -0.39 is 12.1 Å². The summed E-state index contributed by atoms with van der Waals surface area (Å²) in [5.74, 6) is 0.379. The largest absolute Gasteiger partial charge is 0.497 e. The molecule has 28 heavy (non-hydrogen) atoms. The molecule has 0 bridgehead atoms. The number of aromatic nitrogens is 2. The van der Waals surface area contributed by atoms with Gasteiger partial charge < -0.3 is 13.9 Å². The molecule has 7 nitrogen and oxygen atoms in total. The number of nitriles is 1. The number of benzene rings is 2. The maximum absolute atomic E-state index is 12.3. The second kappa shape index (κ2) is 8.64. The van der Waals surface area contributed by atoms with Crippen LogP contribution in [0.3, 0.4) is 0 Å². The number of carbonyl (C=O) groups excluding carboxylic acids is 1.